The van der Waals surface area contributed by atoms with E-state index >= 15 is 0 Å². The number of benzene rings is 1. The molecule has 0 amide bonds. The Labute approximate surface area is 108 Å². The maximum Gasteiger partial charge on any atom is 0.264 e. The number of rotatable bonds is 3. The number of halogens is 5. The second-order valence-electron chi connectivity index (χ2n) is 3.83. The highest BCUT2D eigenvalue weighted by molar-refractivity contribution is 5.55. The van der Waals surface area contributed by atoms with E-state index in [4.69, 9.17) is 0 Å². The Hall–Kier alpha value is -2.03. The van der Waals surface area contributed by atoms with Gasteiger partial charge in [-0.25, -0.2) is 22.0 Å². The highest BCUT2D eigenvalue weighted by atomic mass is 19.2. The molecule has 0 aliphatic heterocycles. The van der Waals surface area contributed by atoms with Crippen molar-refractivity contribution in [3.05, 3.63) is 34.9 Å². The molecule has 2 rings (SSSR count). The molecule has 0 saturated carbocycles. The van der Waals surface area contributed by atoms with Crippen LogP contribution in [0.25, 0.3) is 11.5 Å². The van der Waals surface area contributed by atoms with Crippen molar-refractivity contribution in [3.63, 3.8) is 0 Å². The standard InChI is InChI=1S/C11H7F5N2O2/c1-2-3(19)10-17-11(20-18-10)4-5(12)7(14)9(16)8(15)6(4)13/h3,19H,2H2,1H3. The molecule has 20 heavy (non-hydrogen) atoms. The lowest BCUT2D eigenvalue weighted by Gasteiger charge is -2.04. The fraction of sp³-hybridized carbons (Fsp3) is 0.273. The van der Waals surface area contributed by atoms with E-state index in [1.54, 1.807) is 6.92 Å². The number of hydrogen-bond acceptors (Lipinski definition) is 4. The molecule has 9 heteroatoms. The first-order valence-electron chi connectivity index (χ1n) is 5.41. The third kappa shape index (κ3) is 2.13. The highest BCUT2D eigenvalue weighted by Gasteiger charge is 2.30. The van der Waals surface area contributed by atoms with Gasteiger partial charge < -0.3 is 9.63 Å². The SMILES string of the molecule is CCC(O)c1noc(-c2c(F)c(F)c(F)c(F)c2F)n1. The molecule has 1 atom stereocenters. The summed E-state index contributed by atoms with van der Waals surface area (Å²) in [5.74, 6) is -11.9. The Morgan fingerprint density at radius 2 is 1.50 bits per heavy atom. The minimum Gasteiger partial charge on any atom is -0.385 e. The van der Waals surface area contributed by atoms with E-state index in [0.29, 0.717) is 0 Å². The molecule has 1 N–H and O–H groups in total. The van der Waals surface area contributed by atoms with Gasteiger partial charge in [0, 0.05) is 0 Å². The van der Waals surface area contributed by atoms with Crippen molar-refractivity contribution < 1.29 is 31.6 Å². The summed E-state index contributed by atoms with van der Waals surface area (Å²) >= 11 is 0. The second-order valence-corrected chi connectivity index (χ2v) is 3.83. The summed E-state index contributed by atoms with van der Waals surface area (Å²) in [7, 11) is 0. The summed E-state index contributed by atoms with van der Waals surface area (Å²) in [5, 5.41) is 12.6. The lowest BCUT2D eigenvalue weighted by Crippen LogP contribution is -2.04. The van der Waals surface area contributed by atoms with Crippen LogP contribution in [0.5, 0.6) is 0 Å². The first-order valence-corrected chi connectivity index (χ1v) is 5.41. The van der Waals surface area contributed by atoms with E-state index in [1.807, 2.05) is 0 Å². The van der Waals surface area contributed by atoms with Crippen LogP contribution in [0.3, 0.4) is 0 Å². The Bertz CT molecular complexity index is 629. The first-order chi connectivity index (χ1) is 9.38. The van der Waals surface area contributed by atoms with E-state index in [-0.39, 0.29) is 12.2 Å². The lowest BCUT2D eigenvalue weighted by atomic mass is 10.1. The Morgan fingerprint density at radius 3 is 2.00 bits per heavy atom. The third-order valence-corrected chi connectivity index (χ3v) is 2.55. The summed E-state index contributed by atoms with van der Waals surface area (Å²) in [5.41, 5.74) is -1.33. The second kappa shape index (κ2) is 5.16. The van der Waals surface area contributed by atoms with Crippen LogP contribution >= 0.6 is 0 Å². The van der Waals surface area contributed by atoms with Crippen LogP contribution in [0.1, 0.15) is 25.3 Å². The quantitative estimate of drug-likeness (QED) is 0.537. The van der Waals surface area contributed by atoms with E-state index in [2.05, 4.69) is 14.7 Å². The van der Waals surface area contributed by atoms with Crippen LogP contribution in [-0.4, -0.2) is 15.2 Å². The molecule has 108 valence electrons. The molecule has 0 fully saturated rings. The molecule has 2 aromatic rings. The van der Waals surface area contributed by atoms with Crippen LogP contribution in [-0.2, 0) is 0 Å². The summed E-state index contributed by atoms with van der Waals surface area (Å²) in [6.45, 7) is 1.57. The molecule has 0 bridgehead atoms. The average Bonchev–Trinajstić information content (AvgIpc) is 2.92. The number of hydrogen-bond donors (Lipinski definition) is 1. The Balaban J connectivity index is 2.61. The summed E-state index contributed by atoms with van der Waals surface area (Å²) < 4.78 is 70.3. The molecule has 1 aromatic carbocycles. The van der Waals surface area contributed by atoms with Gasteiger partial charge in [0.2, 0.25) is 11.6 Å². The lowest BCUT2D eigenvalue weighted by molar-refractivity contribution is 0.159. The molecule has 0 radical (unpaired) electrons. The molecule has 1 heterocycles. The highest BCUT2D eigenvalue weighted by Crippen LogP contribution is 2.31. The smallest absolute Gasteiger partial charge is 0.264 e. The predicted molar refractivity (Wildman–Crippen MR) is 54.8 cm³/mol. The predicted octanol–water partition coefficient (Wildman–Crippen LogP) is 2.88. The normalized spacial score (nSPS) is 12.8. The molecule has 0 aliphatic carbocycles. The van der Waals surface area contributed by atoms with Gasteiger partial charge in [-0.3, -0.25) is 0 Å². The van der Waals surface area contributed by atoms with Gasteiger partial charge in [0.05, 0.1) is 0 Å². The van der Waals surface area contributed by atoms with Crippen molar-refractivity contribution in [3.8, 4) is 11.5 Å². The average molecular weight is 294 g/mol. The van der Waals surface area contributed by atoms with Gasteiger partial charge in [-0.2, -0.15) is 4.98 Å². The van der Waals surface area contributed by atoms with Gasteiger partial charge in [-0.05, 0) is 6.42 Å². The minimum absolute atomic E-state index is 0.177. The summed E-state index contributed by atoms with van der Waals surface area (Å²) in [4.78, 5) is 3.42. The molecule has 0 aliphatic rings. The van der Waals surface area contributed by atoms with E-state index in [0.717, 1.165) is 0 Å². The van der Waals surface area contributed by atoms with Crippen LogP contribution in [0, 0.1) is 29.1 Å². The van der Waals surface area contributed by atoms with Crippen molar-refractivity contribution in [1.29, 1.82) is 0 Å². The third-order valence-electron chi connectivity index (χ3n) is 2.55. The van der Waals surface area contributed by atoms with Gasteiger partial charge in [0.1, 0.15) is 11.7 Å². The van der Waals surface area contributed by atoms with E-state index < -0.39 is 46.6 Å². The number of aliphatic hydroxyl groups excluding tert-OH is 1. The summed E-state index contributed by atoms with van der Waals surface area (Å²) in [6, 6.07) is 0. The van der Waals surface area contributed by atoms with E-state index in [1.165, 1.54) is 0 Å². The summed E-state index contributed by atoms with van der Waals surface area (Å²) in [6.07, 6.45) is -0.996. The Kier molecular flexibility index (Phi) is 3.71. The van der Waals surface area contributed by atoms with Crippen LogP contribution < -0.4 is 0 Å². The van der Waals surface area contributed by atoms with Gasteiger partial charge in [0.25, 0.3) is 5.89 Å². The van der Waals surface area contributed by atoms with Crippen molar-refractivity contribution in [1.82, 2.24) is 10.1 Å². The molecule has 4 nitrogen and oxygen atoms in total. The van der Waals surface area contributed by atoms with Gasteiger partial charge in [0.15, 0.2) is 23.3 Å². The largest absolute Gasteiger partial charge is 0.385 e. The molecular weight excluding hydrogens is 287 g/mol. The van der Waals surface area contributed by atoms with E-state index in [9.17, 15) is 27.1 Å². The zero-order valence-corrected chi connectivity index (χ0v) is 9.92. The van der Waals surface area contributed by atoms with Crippen molar-refractivity contribution in [2.45, 2.75) is 19.4 Å². The minimum atomic E-state index is -2.28. The van der Waals surface area contributed by atoms with Crippen molar-refractivity contribution in [2.24, 2.45) is 0 Å². The maximum absolute atomic E-state index is 13.5. The fourth-order valence-electron chi connectivity index (χ4n) is 1.45. The fourth-order valence-corrected chi connectivity index (χ4v) is 1.45. The number of aliphatic hydroxyl groups is 1. The van der Waals surface area contributed by atoms with Crippen molar-refractivity contribution >= 4 is 0 Å². The monoisotopic (exact) mass is 294 g/mol. The van der Waals surface area contributed by atoms with Crippen LogP contribution in [0.2, 0.25) is 0 Å². The molecular formula is C11H7F5N2O2. The topological polar surface area (TPSA) is 59.2 Å². The van der Waals surface area contributed by atoms with Gasteiger partial charge in [-0.1, -0.05) is 12.1 Å². The molecule has 0 spiro atoms. The molecule has 0 saturated heterocycles. The number of aromatic nitrogens is 2. The molecule has 1 unspecified atom stereocenters. The van der Waals surface area contributed by atoms with Crippen molar-refractivity contribution in [2.75, 3.05) is 0 Å². The zero-order chi connectivity index (χ0) is 15.0. The van der Waals surface area contributed by atoms with Gasteiger partial charge in [-0.15, -0.1) is 0 Å². The number of nitrogens with zero attached hydrogens (tertiary/aromatic N) is 2. The molecule has 1 aromatic heterocycles. The zero-order valence-electron chi connectivity index (χ0n) is 9.92. The Morgan fingerprint density at radius 1 is 1.00 bits per heavy atom. The first kappa shape index (κ1) is 14.4. The van der Waals surface area contributed by atoms with Crippen LogP contribution in [0.4, 0.5) is 22.0 Å². The maximum atomic E-state index is 13.5. The van der Waals surface area contributed by atoms with Crippen LogP contribution in [0.15, 0.2) is 4.52 Å². The van der Waals surface area contributed by atoms with Gasteiger partial charge >= 0.3 is 0 Å².